The fourth-order valence-electron chi connectivity index (χ4n) is 2.29. The highest BCUT2D eigenvalue weighted by Crippen LogP contribution is 2.36. The second-order valence-electron chi connectivity index (χ2n) is 5.07. The average Bonchev–Trinajstić information content (AvgIpc) is 2.54. The summed E-state index contributed by atoms with van der Waals surface area (Å²) in [5, 5.41) is 0. The smallest absolute Gasteiger partial charge is 0.417 e. The Morgan fingerprint density at radius 2 is 1.74 bits per heavy atom. The van der Waals surface area contributed by atoms with Crippen molar-refractivity contribution in [1.29, 1.82) is 0 Å². The Balaban J connectivity index is 2.26. The third kappa shape index (κ3) is 4.10. The van der Waals surface area contributed by atoms with Gasteiger partial charge in [0, 0.05) is 0 Å². The summed E-state index contributed by atoms with van der Waals surface area (Å²) in [6.07, 6.45) is -4.16. The number of alkyl halides is 3. The van der Waals surface area contributed by atoms with E-state index in [0.29, 0.717) is 5.56 Å². The second-order valence-corrected chi connectivity index (χ2v) is 5.07. The first-order chi connectivity index (χ1) is 10.8. The van der Waals surface area contributed by atoms with Gasteiger partial charge in [-0.3, -0.25) is 4.79 Å². The van der Waals surface area contributed by atoms with Crippen LogP contribution in [0.25, 0.3) is 11.1 Å². The molecule has 23 heavy (non-hydrogen) atoms. The number of hydrogen-bond acceptors (Lipinski definition) is 3. The van der Waals surface area contributed by atoms with Crippen LogP contribution in [0.1, 0.15) is 11.1 Å². The zero-order valence-electron chi connectivity index (χ0n) is 12.4. The highest BCUT2D eigenvalue weighted by atomic mass is 19.4. The summed E-state index contributed by atoms with van der Waals surface area (Å²) in [5.41, 5.74) is 6.30. The van der Waals surface area contributed by atoms with Gasteiger partial charge in [-0.1, -0.05) is 42.5 Å². The summed E-state index contributed by atoms with van der Waals surface area (Å²) in [4.78, 5) is 11.3. The molecule has 0 aliphatic heterocycles. The number of methoxy groups -OCH3 is 1. The van der Waals surface area contributed by atoms with E-state index in [-0.39, 0.29) is 12.0 Å². The van der Waals surface area contributed by atoms with Gasteiger partial charge in [-0.15, -0.1) is 0 Å². The van der Waals surface area contributed by atoms with Crippen molar-refractivity contribution in [2.75, 3.05) is 7.11 Å². The van der Waals surface area contributed by atoms with Crippen molar-refractivity contribution >= 4 is 5.97 Å². The summed E-state index contributed by atoms with van der Waals surface area (Å²) in [6, 6.07) is 11.1. The van der Waals surface area contributed by atoms with Crippen LogP contribution in [-0.2, 0) is 22.1 Å². The normalized spacial score (nSPS) is 12.7. The zero-order valence-corrected chi connectivity index (χ0v) is 12.4. The lowest BCUT2D eigenvalue weighted by Gasteiger charge is -2.13. The van der Waals surface area contributed by atoms with E-state index in [0.717, 1.165) is 11.6 Å². The molecule has 6 heteroatoms. The van der Waals surface area contributed by atoms with Gasteiger partial charge >= 0.3 is 12.1 Å². The number of benzene rings is 2. The van der Waals surface area contributed by atoms with Crippen LogP contribution < -0.4 is 5.73 Å². The number of carbonyl (C=O) groups is 1. The number of ether oxygens (including phenoxy) is 1. The number of halogens is 3. The van der Waals surface area contributed by atoms with Gasteiger partial charge in [0.2, 0.25) is 0 Å². The van der Waals surface area contributed by atoms with Crippen molar-refractivity contribution in [3.05, 3.63) is 59.7 Å². The van der Waals surface area contributed by atoms with Gasteiger partial charge in [0.15, 0.2) is 0 Å². The van der Waals surface area contributed by atoms with Crippen LogP contribution in [-0.4, -0.2) is 19.1 Å². The molecule has 0 aliphatic carbocycles. The number of carbonyl (C=O) groups excluding carboxylic acids is 1. The fraction of sp³-hybridized carbons (Fsp3) is 0.235. The summed E-state index contributed by atoms with van der Waals surface area (Å²) in [6.45, 7) is 0. The van der Waals surface area contributed by atoms with Crippen LogP contribution in [0.4, 0.5) is 13.2 Å². The minimum atomic E-state index is -4.41. The molecule has 3 nitrogen and oxygen atoms in total. The van der Waals surface area contributed by atoms with Crippen LogP contribution in [0.3, 0.4) is 0 Å². The van der Waals surface area contributed by atoms with Gasteiger partial charge < -0.3 is 10.5 Å². The first-order valence-electron chi connectivity index (χ1n) is 6.92. The number of rotatable bonds is 4. The number of esters is 1. The molecular weight excluding hydrogens is 307 g/mol. The molecule has 0 bridgehead atoms. The van der Waals surface area contributed by atoms with Gasteiger partial charge in [-0.05, 0) is 29.2 Å². The van der Waals surface area contributed by atoms with Crippen LogP contribution in [0.5, 0.6) is 0 Å². The fourth-order valence-corrected chi connectivity index (χ4v) is 2.29. The van der Waals surface area contributed by atoms with Gasteiger partial charge in [0.1, 0.15) is 6.04 Å². The molecule has 0 spiro atoms. The van der Waals surface area contributed by atoms with Crippen molar-refractivity contribution in [3.8, 4) is 11.1 Å². The Morgan fingerprint density at radius 1 is 1.13 bits per heavy atom. The summed E-state index contributed by atoms with van der Waals surface area (Å²) in [5.74, 6) is -0.531. The lowest BCUT2D eigenvalue weighted by Crippen LogP contribution is -2.33. The minimum Gasteiger partial charge on any atom is -0.468 e. The van der Waals surface area contributed by atoms with E-state index in [1.54, 1.807) is 30.3 Å². The molecule has 2 rings (SSSR count). The quantitative estimate of drug-likeness (QED) is 0.877. The SMILES string of the molecule is COC(=O)[C@@H](N)Cc1ccc(-c2ccccc2C(F)(F)F)cc1. The molecule has 1 atom stereocenters. The molecule has 0 heterocycles. The van der Waals surface area contributed by atoms with Crippen molar-refractivity contribution in [1.82, 2.24) is 0 Å². The van der Waals surface area contributed by atoms with E-state index < -0.39 is 23.8 Å². The highest BCUT2D eigenvalue weighted by Gasteiger charge is 2.33. The molecule has 2 aromatic carbocycles. The van der Waals surface area contributed by atoms with E-state index in [1.165, 1.54) is 19.2 Å². The molecular formula is C17H16F3NO2. The van der Waals surface area contributed by atoms with Gasteiger partial charge in [0.05, 0.1) is 12.7 Å². The predicted molar refractivity (Wildman–Crippen MR) is 80.6 cm³/mol. The largest absolute Gasteiger partial charge is 0.468 e. The van der Waals surface area contributed by atoms with Crippen molar-refractivity contribution in [2.24, 2.45) is 5.73 Å². The van der Waals surface area contributed by atoms with E-state index in [4.69, 9.17) is 5.73 Å². The standard InChI is InChI=1S/C17H16F3NO2/c1-23-16(22)15(21)10-11-6-8-12(9-7-11)13-4-2-3-5-14(13)17(18,19)20/h2-9,15H,10,21H2,1H3/t15-/m0/s1. The zero-order chi connectivity index (χ0) is 17.0. The van der Waals surface area contributed by atoms with Crippen LogP contribution in [0.15, 0.2) is 48.5 Å². The lowest BCUT2D eigenvalue weighted by atomic mass is 9.97. The Labute approximate surface area is 131 Å². The highest BCUT2D eigenvalue weighted by molar-refractivity contribution is 5.75. The molecule has 122 valence electrons. The molecule has 0 fully saturated rings. The molecule has 0 aromatic heterocycles. The third-order valence-corrected chi connectivity index (χ3v) is 3.46. The maximum absolute atomic E-state index is 13.0. The molecule has 0 amide bonds. The topological polar surface area (TPSA) is 52.3 Å². The number of nitrogens with two attached hydrogens (primary N) is 1. The number of hydrogen-bond donors (Lipinski definition) is 1. The summed E-state index contributed by atoms with van der Waals surface area (Å²) < 4.78 is 43.7. The van der Waals surface area contributed by atoms with E-state index in [2.05, 4.69) is 4.74 Å². The van der Waals surface area contributed by atoms with Crippen LogP contribution >= 0.6 is 0 Å². The Bertz CT molecular complexity index is 681. The van der Waals surface area contributed by atoms with E-state index in [1.807, 2.05) is 0 Å². The molecule has 0 radical (unpaired) electrons. The lowest BCUT2D eigenvalue weighted by molar-refractivity contribution is -0.142. The average molecular weight is 323 g/mol. The van der Waals surface area contributed by atoms with Crippen LogP contribution in [0, 0.1) is 0 Å². The van der Waals surface area contributed by atoms with Crippen LogP contribution in [0.2, 0.25) is 0 Å². The summed E-state index contributed by atoms with van der Waals surface area (Å²) in [7, 11) is 1.25. The summed E-state index contributed by atoms with van der Waals surface area (Å²) >= 11 is 0. The van der Waals surface area contributed by atoms with Crippen molar-refractivity contribution < 1.29 is 22.7 Å². The van der Waals surface area contributed by atoms with Crippen molar-refractivity contribution in [3.63, 3.8) is 0 Å². The molecule has 2 aromatic rings. The minimum absolute atomic E-state index is 0.115. The van der Waals surface area contributed by atoms with Crippen molar-refractivity contribution in [2.45, 2.75) is 18.6 Å². The molecule has 0 saturated heterocycles. The van der Waals surface area contributed by atoms with Gasteiger partial charge in [-0.25, -0.2) is 0 Å². The monoisotopic (exact) mass is 323 g/mol. The Kier molecular flexibility index (Phi) is 5.05. The first kappa shape index (κ1) is 17.0. The maximum Gasteiger partial charge on any atom is 0.417 e. The Hall–Kier alpha value is -2.34. The van der Waals surface area contributed by atoms with Gasteiger partial charge in [-0.2, -0.15) is 13.2 Å². The van der Waals surface area contributed by atoms with Gasteiger partial charge in [0.25, 0.3) is 0 Å². The first-order valence-corrected chi connectivity index (χ1v) is 6.92. The second kappa shape index (κ2) is 6.83. The molecule has 2 N–H and O–H groups in total. The molecule has 0 aliphatic rings. The van der Waals surface area contributed by atoms with E-state index in [9.17, 15) is 18.0 Å². The molecule has 0 unspecified atom stereocenters. The maximum atomic E-state index is 13.0. The predicted octanol–water partition coefficient (Wildman–Crippen LogP) is 3.42. The Morgan fingerprint density at radius 3 is 2.30 bits per heavy atom. The third-order valence-electron chi connectivity index (χ3n) is 3.46. The van der Waals surface area contributed by atoms with E-state index >= 15 is 0 Å². The molecule has 0 saturated carbocycles.